The van der Waals surface area contributed by atoms with Crippen molar-refractivity contribution in [3.05, 3.63) is 22.3 Å². The van der Waals surface area contributed by atoms with Gasteiger partial charge in [-0.2, -0.15) is 0 Å². The summed E-state index contributed by atoms with van der Waals surface area (Å²) >= 11 is 6.88. The first-order chi connectivity index (χ1) is 7.69. The van der Waals surface area contributed by atoms with E-state index in [9.17, 15) is 0 Å². The number of pyridine rings is 1. The number of hydrogen-bond acceptors (Lipinski definition) is 3. The van der Waals surface area contributed by atoms with Gasteiger partial charge in [0.2, 0.25) is 0 Å². The lowest BCUT2D eigenvalue weighted by atomic mass is 10.2. The molecule has 90 valence electrons. The van der Waals surface area contributed by atoms with E-state index < -0.39 is 0 Å². The van der Waals surface area contributed by atoms with Gasteiger partial charge in [0.05, 0.1) is 6.61 Å². The Kier molecular flexibility index (Phi) is 6.31. The van der Waals surface area contributed by atoms with E-state index in [2.05, 4.69) is 54.7 Å². The molecular formula is C11H16Br2N2O. The molecule has 0 saturated carbocycles. The van der Waals surface area contributed by atoms with Crippen LogP contribution in [0.4, 0.5) is 5.82 Å². The second-order valence-corrected chi connectivity index (χ2v) is 5.17. The van der Waals surface area contributed by atoms with Gasteiger partial charge in [0.15, 0.2) is 0 Å². The van der Waals surface area contributed by atoms with Gasteiger partial charge < -0.3 is 9.64 Å². The van der Waals surface area contributed by atoms with Crippen LogP contribution in [0.3, 0.4) is 0 Å². The van der Waals surface area contributed by atoms with Gasteiger partial charge in [-0.25, -0.2) is 4.98 Å². The van der Waals surface area contributed by atoms with Crippen LogP contribution < -0.4 is 4.90 Å². The Morgan fingerprint density at radius 1 is 1.44 bits per heavy atom. The van der Waals surface area contributed by atoms with Gasteiger partial charge in [-0.05, 0) is 34.5 Å². The number of hydrogen-bond donors (Lipinski definition) is 0. The molecule has 0 spiro atoms. The van der Waals surface area contributed by atoms with Gasteiger partial charge in [0.25, 0.3) is 0 Å². The molecule has 0 radical (unpaired) electrons. The monoisotopic (exact) mass is 350 g/mol. The first-order valence-corrected chi connectivity index (χ1v) is 7.02. The highest BCUT2D eigenvalue weighted by atomic mass is 79.9. The number of alkyl halides is 1. The molecule has 1 heterocycles. The third-order valence-corrected chi connectivity index (χ3v) is 3.02. The normalized spacial score (nSPS) is 10.5. The fourth-order valence-electron chi connectivity index (χ4n) is 1.49. The molecule has 0 atom stereocenters. The zero-order valence-electron chi connectivity index (χ0n) is 9.54. The summed E-state index contributed by atoms with van der Waals surface area (Å²) in [6.07, 6.45) is 1.83. The molecule has 5 heteroatoms. The Hall–Kier alpha value is -0.130. The summed E-state index contributed by atoms with van der Waals surface area (Å²) in [4.78, 5) is 6.67. The Bertz CT molecular complexity index is 334. The minimum Gasteiger partial charge on any atom is -0.383 e. The molecule has 16 heavy (non-hydrogen) atoms. The highest BCUT2D eigenvalue weighted by Crippen LogP contribution is 2.20. The lowest BCUT2D eigenvalue weighted by molar-refractivity contribution is 0.205. The third kappa shape index (κ3) is 4.03. The van der Waals surface area contributed by atoms with Crippen LogP contribution in [0.2, 0.25) is 0 Å². The van der Waals surface area contributed by atoms with Crippen LogP contribution >= 0.6 is 31.9 Å². The third-order valence-electron chi connectivity index (χ3n) is 2.24. The Balaban J connectivity index is 2.82. The fraction of sp³-hybridized carbons (Fsp3) is 0.545. The molecule has 0 aliphatic carbocycles. The maximum atomic E-state index is 5.11. The molecule has 1 aromatic rings. The molecule has 0 amide bonds. The van der Waals surface area contributed by atoms with Gasteiger partial charge >= 0.3 is 0 Å². The highest BCUT2D eigenvalue weighted by molar-refractivity contribution is 9.10. The van der Waals surface area contributed by atoms with Crippen molar-refractivity contribution in [2.75, 3.05) is 37.0 Å². The summed E-state index contributed by atoms with van der Waals surface area (Å²) in [5, 5.41) is 0.925. The van der Waals surface area contributed by atoms with Crippen molar-refractivity contribution in [2.45, 2.75) is 6.92 Å². The van der Waals surface area contributed by atoms with Gasteiger partial charge in [-0.3, -0.25) is 0 Å². The first-order valence-electron chi connectivity index (χ1n) is 5.11. The van der Waals surface area contributed by atoms with Gasteiger partial charge in [-0.15, -0.1) is 0 Å². The molecule has 3 nitrogen and oxygen atoms in total. The van der Waals surface area contributed by atoms with Gasteiger partial charge in [-0.1, -0.05) is 15.9 Å². The van der Waals surface area contributed by atoms with Crippen molar-refractivity contribution in [3.63, 3.8) is 0 Å². The maximum Gasteiger partial charge on any atom is 0.131 e. The summed E-state index contributed by atoms with van der Waals surface area (Å²) in [5.41, 5.74) is 1.17. The van der Waals surface area contributed by atoms with E-state index in [1.807, 2.05) is 6.20 Å². The van der Waals surface area contributed by atoms with Crippen molar-refractivity contribution >= 4 is 37.7 Å². The lowest BCUT2D eigenvalue weighted by Crippen LogP contribution is -2.30. The molecular weight excluding hydrogens is 336 g/mol. The summed E-state index contributed by atoms with van der Waals surface area (Å²) in [6.45, 7) is 4.57. The highest BCUT2D eigenvalue weighted by Gasteiger charge is 2.10. The molecule has 1 aromatic heterocycles. The number of aromatic nitrogens is 1. The first kappa shape index (κ1) is 13.9. The smallest absolute Gasteiger partial charge is 0.131 e. The number of aryl methyl sites for hydroxylation is 1. The van der Waals surface area contributed by atoms with E-state index in [1.165, 1.54) is 5.56 Å². The molecule has 0 aliphatic rings. The van der Waals surface area contributed by atoms with Crippen molar-refractivity contribution < 1.29 is 4.74 Å². The van der Waals surface area contributed by atoms with Crippen molar-refractivity contribution in [1.82, 2.24) is 4.98 Å². The zero-order valence-corrected chi connectivity index (χ0v) is 12.7. The molecule has 0 bridgehead atoms. The number of halogens is 2. The summed E-state index contributed by atoms with van der Waals surface area (Å²) in [7, 11) is 1.72. The predicted octanol–water partition coefficient (Wildman–Crippen LogP) is 3.00. The van der Waals surface area contributed by atoms with Crippen LogP contribution in [0.1, 0.15) is 5.56 Å². The zero-order chi connectivity index (χ0) is 12.0. The Morgan fingerprint density at radius 2 is 2.19 bits per heavy atom. The standard InChI is InChI=1S/C11H16Br2N2O/c1-9-7-10(13)8-14-11(9)15(4-3-12)5-6-16-2/h7-8H,3-6H2,1-2H3. The average Bonchev–Trinajstić information content (AvgIpc) is 2.25. The summed E-state index contributed by atoms with van der Waals surface area (Å²) < 4.78 is 6.12. The molecule has 0 fully saturated rings. The minimum atomic E-state index is 0.712. The van der Waals surface area contributed by atoms with Gasteiger partial charge in [0.1, 0.15) is 5.82 Å². The predicted molar refractivity (Wildman–Crippen MR) is 74.6 cm³/mol. The quantitative estimate of drug-likeness (QED) is 0.736. The minimum absolute atomic E-state index is 0.712. The molecule has 0 aromatic carbocycles. The van der Waals surface area contributed by atoms with Crippen LogP contribution in [0.5, 0.6) is 0 Å². The number of anilines is 1. The van der Waals surface area contributed by atoms with E-state index in [0.29, 0.717) is 6.61 Å². The summed E-state index contributed by atoms with van der Waals surface area (Å²) in [5.74, 6) is 1.03. The summed E-state index contributed by atoms with van der Waals surface area (Å²) in [6, 6.07) is 2.08. The van der Waals surface area contributed by atoms with Gasteiger partial charge in [0, 0.05) is 36.2 Å². The molecule has 0 saturated heterocycles. The largest absolute Gasteiger partial charge is 0.383 e. The SMILES string of the molecule is COCCN(CCBr)c1ncc(Br)cc1C. The van der Waals surface area contributed by atoms with E-state index >= 15 is 0 Å². The second kappa shape index (κ2) is 7.25. The Labute approximate surface area is 113 Å². The maximum absolute atomic E-state index is 5.11. The Morgan fingerprint density at radius 3 is 2.75 bits per heavy atom. The molecule has 0 unspecified atom stereocenters. The van der Waals surface area contributed by atoms with E-state index in [0.717, 1.165) is 28.7 Å². The van der Waals surface area contributed by atoms with E-state index in [1.54, 1.807) is 7.11 Å². The molecule has 0 aliphatic heterocycles. The van der Waals surface area contributed by atoms with Crippen LogP contribution in [0, 0.1) is 6.92 Å². The van der Waals surface area contributed by atoms with Crippen LogP contribution in [0.15, 0.2) is 16.7 Å². The average molecular weight is 352 g/mol. The van der Waals surface area contributed by atoms with Crippen molar-refractivity contribution in [1.29, 1.82) is 0 Å². The number of methoxy groups -OCH3 is 1. The van der Waals surface area contributed by atoms with Crippen LogP contribution in [-0.4, -0.2) is 37.1 Å². The van der Waals surface area contributed by atoms with Crippen molar-refractivity contribution in [2.24, 2.45) is 0 Å². The number of nitrogens with zero attached hydrogens (tertiary/aromatic N) is 2. The fourth-order valence-corrected chi connectivity index (χ4v) is 2.37. The van der Waals surface area contributed by atoms with E-state index in [-0.39, 0.29) is 0 Å². The number of ether oxygens (including phenoxy) is 1. The van der Waals surface area contributed by atoms with E-state index in [4.69, 9.17) is 4.74 Å². The molecule has 1 rings (SSSR count). The molecule has 0 N–H and O–H groups in total. The van der Waals surface area contributed by atoms with Crippen LogP contribution in [-0.2, 0) is 4.74 Å². The topological polar surface area (TPSA) is 25.4 Å². The lowest BCUT2D eigenvalue weighted by Gasteiger charge is -2.24. The second-order valence-electron chi connectivity index (χ2n) is 3.46. The van der Waals surface area contributed by atoms with Crippen LogP contribution in [0.25, 0.3) is 0 Å². The number of rotatable bonds is 6. The van der Waals surface area contributed by atoms with Crippen molar-refractivity contribution in [3.8, 4) is 0 Å².